The summed E-state index contributed by atoms with van der Waals surface area (Å²) in [5.41, 5.74) is 1.13. The lowest BCUT2D eigenvalue weighted by Crippen LogP contribution is -2.25. The largest absolute Gasteiger partial charge is 0.508 e. The molecule has 3 heteroatoms. The van der Waals surface area contributed by atoms with Crippen LogP contribution in [0, 0.1) is 5.92 Å². The molecule has 0 saturated heterocycles. The maximum atomic E-state index is 9.33. The summed E-state index contributed by atoms with van der Waals surface area (Å²) >= 11 is 1.97. The summed E-state index contributed by atoms with van der Waals surface area (Å²) in [7, 11) is 0. The number of hydrogen-bond acceptors (Lipinski definition) is 2. The molecule has 0 aliphatic heterocycles. The topological polar surface area (TPSA) is 29.5 Å². The van der Waals surface area contributed by atoms with Gasteiger partial charge in [0.2, 0.25) is 0 Å². The predicted octanol–water partition coefficient (Wildman–Crippen LogP) is 4.67. The maximum Gasteiger partial charge on any atom is 0.115 e. The number of hydrogen-bond donors (Lipinski definition) is 1. The van der Waals surface area contributed by atoms with E-state index in [9.17, 15) is 5.11 Å². The molecular formula is C14H21IO2. The quantitative estimate of drug-likeness (QED) is 0.784. The summed E-state index contributed by atoms with van der Waals surface area (Å²) in [6.07, 6.45) is 0.971. The van der Waals surface area contributed by atoms with E-state index in [-0.39, 0.29) is 5.60 Å². The highest BCUT2D eigenvalue weighted by atomic mass is 127. The first-order chi connectivity index (χ1) is 7.85. The fourth-order valence-electron chi connectivity index (χ4n) is 2.02. The first-order valence-electron chi connectivity index (χ1n) is 5.94. The Morgan fingerprint density at radius 1 is 1.24 bits per heavy atom. The summed E-state index contributed by atoms with van der Waals surface area (Å²) < 4.78 is 5.48. The van der Waals surface area contributed by atoms with Crippen molar-refractivity contribution in [1.29, 1.82) is 0 Å². The average Bonchev–Trinajstić information content (AvgIpc) is 2.27. The zero-order valence-corrected chi connectivity index (χ0v) is 13.1. The predicted molar refractivity (Wildman–Crippen MR) is 79.5 cm³/mol. The molecule has 0 spiro atoms. The van der Waals surface area contributed by atoms with E-state index in [2.05, 4.69) is 27.7 Å². The molecule has 0 aliphatic carbocycles. The number of benzene rings is 1. The minimum Gasteiger partial charge on any atom is -0.508 e. The molecule has 1 atom stereocenters. The molecule has 1 aromatic carbocycles. The highest BCUT2D eigenvalue weighted by molar-refractivity contribution is 14.1. The summed E-state index contributed by atoms with van der Waals surface area (Å²) in [5.74, 6) is 1.31. The maximum absolute atomic E-state index is 9.33. The molecule has 1 unspecified atom stereocenters. The van der Waals surface area contributed by atoms with Gasteiger partial charge in [0.05, 0.1) is 5.60 Å². The van der Waals surface area contributed by atoms with Crippen LogP contribution in [-0.4, -0.2) is 10.7 Å². The molecule has 0 heterocycles. The van der Waals surface area contributed by atoms with Gasteiger partial charge in [-0.3, -0.25) is 0 Å². The molecule has 2 nitrogen and oxygen atoms in total. The van der Waals surface area contributed by atoms with Crippen molar-refractivity contribution in [1.82, 2.24) is 0 Å². The fraction of sp³-hybridized carbons (Fsp3) is 0.571. The van der Waals surface area contributed by atoms with Gasteiger partial charge in [0.25, 0.3) is 0 Å². The van der Waals surface area contributed by atoms with Crippen molar-refractivity contribution >= 4 is 23.0 Å². The van der Waals surface area contributed by atoms with E-state index in [0.29, 0.717) is 17.6 Å². The molecule has 0 saturated carbocycles. The molecule has 1 rings (SSSR count). The van der Waals surface area contributed by atoms with Crippen molar-refractivity contribution in [2.24, 2.45) is 5.92 Å². The Morgan fingerprint density at radius 2 is 1.76 bits per heavy atom. The van der Waals surface area contributed by atoms with E-state index in [0.717, 1.165) is 6.42 Å². The van der Waals surface area contributed by atoms with Crippen LogP contribution >= 0.6 is 23.0 Å². The third-order valence-corrected chi connectivity index (χ3v) is 4.24. The second-order valence-corrected chi connectivity index (χ2v) is 5.92. The first-order valence-corrected chi connectivity index (χ1v) is 6.82. The third-order valence-electron chi connectivity index (χ3n) is 3.05. The molecule has 0 fully saturated rings. The van der Waals surface area contributed by atoms with Gasteiger partial charge in [-0.1, -0.05) is 26.0 Å². The zero-order chi connectivity index (χ0) is 13.1. The lowest BCUT2D eigenvalue weighted by molar-refractivity contribution is 0.140. The minimum atomic E-state index is -0.132. The van der Waals surface area contributed by atoms with Crippen LogP contribution in [0.15, 0.2) is 24.3 Å². The third kappa shape index (κ3) is 4.47. The first kappa shape index (κ1) is 14.8. The molecule has 0 radical (unpaired) electrons. The SMILES string of the molecule is CC(C)C(CC(C)(C)OI)c1ccc(O)cc1. The van der Waals surface area contributed by atoms with Crippen molar-refractivity contribution in [2.45, 2.75) is 45.6 Å². The van der Waals surface area contributed by atoms with Gasteiger partial charge in [-0.2, -0.15) is 0 Å². The van der Waals surface area contributed by atoms with E-state index >= 15 is 0 Å². The van der Waals surface area contributed by atoms with E-state index in [1.807, 2.05) is 35.1 Å². The molecular weight excluding hydrogens is 327 g/mol. The zero-order valence-electron chi connectivity index (χ0n) is 10.9. The van der Waals surface area contributed by atoms with Gasteiger partial charge in [0.15, 0.2) is 0 Å². The second kappa shape index (κ2) is 6.05. The standard InChI is InChI=1S/C14H21IO2/c1-10(2)13(9-14(3,4)17-15)11-5-7-12(16)8-6-11/h5-8,10,13,16H,9H2,1-4H3. The highest BCUT2D eigenvalue weighted by Crippen LogP contribution is 2.35. The smallest absolute Gasteiger partial charge is 0.115 e. The molecule has 17 heavy (non-hydrogen) atoms. The van der Waals surface area contributed by atoms with Crippen LogP contribution in [0.2, 0.25) is 0 Å². The summed E-state index contributed by atoms with van der Waals surface area (Å²) in [4.78, 5) is 0. The highest BCUT2D eigenvalue weighted by Gasteiger charge is 2.26. The summed E-state index contributed by atoms with van der Waals surface area (Å²) in [6, 6.07) is 7.51. The summed E-state index contributed by atoms with van der Waals surface area (Å²) in [5, 5.41) is 9.33. The van der Waals surface area contributed by atoms with Gasteiger partial charge in [0.1, 0.15) is 28.8 Å². The van der Waals surface area contributed by atoms with Gasteiger partial charge in [-0.15, -0.1) is 0 Å². The van der Waals surface area contributed by atoms with Crippen molar-refractivity contribution in [3.63, 3.8) is 0 Å². The lowest BCUT2D eigenvalue weighted by atomic mass is 9.81. The fourth-order valence-corrected chi connectivity index (χ4v) is 2.20. The number of halogens is 1. The Labute approximate surface area is 118 Å². The lowest BCUT2D eigenvalue weighted by Gasteiger charge is -2.30. The summed E-state index contributed by atoms with van der Waals surface area (Å²) in [6.45, 7) is 8.66. The van der Waals surface area contributed by atoms with Crippen molar-refractivity contribution in [3.8, 4) is 5.75 Å². The van der Waals surface area contributed by atoms with Crippen molar-refractivity contribution in [3.05, 3.63) is 29.8 Å². The molecule has 96 valence electrons. The normalized spacial score (nSPS) is 14.0. The van der Waals surface area contributed by atoms with Crippen LogP contribution in [0.5, 0.6) is 5.75 Å². The van der Waals surface area contributed by atoms with Crippen LogP contribution < -0.4 is 0 Å². The van der Waals surface area contributed by atoms with Gasteiger partial charge < -0.3 is 8.17 Å². The Kier molecular flexibility index (Phi) is 5.25. The molecule has 0 aliphatic rings. The molecule has 1 aromatic rings. The van der Waals surface area contributed by atoms with Gasteiger partial charge in [-0.05, 0) is 49.8 Å². The van der Waals surface area contributed by atoms with Crippen LogP contribution in [0.25, 0.3) is 0 Å². The molecule has 0 bridgehead atoms. The Morgan fingerprint density at radius 3 is 2.18 bits per heavy atom. The van der Waals surface area contributed by atoms with Crippen LogP contribution in [-0.2, 0) is 3.07 Å². The van der Waals surface area contributed by atoms with Gasteiger partial charge in [0, 0.05) is 0 Å². The van der Waals surface area contributed by atoms with Crippen LogP contribution in [0.3, 0.4) is 0 Å². The number of phenols is 1. The average molecular weight is 348 g/mol. The van der Waals surface area contributed by atoms with Gasteiger partial charge >= 0.3 is 0 Å². The van der Waals surface area contributed by atoms with E-state index in [4.69, 9.17) is 3.07 Å². The van der Waals surface area contributed by atoms with E-state index in [1.165, 1.54) is 5.56 Å². The molecule has 1 N–H and O–H groups in total. The number of phenolic OH excluding ortho intramolecular Hbond substituents is 1. The number of aromatic hydroxyl groups is 1. The monoisotopic (exact) mass is 348 g/mol. The Balaban J connectivity index is 2.90. The van der Waals surface area contributed by atoms with E-state index in [1.54, 1.807) is 12.1 Å². The van der Waals surface area contributed by atoms with Crippen LogP contribution in [0.4, 0.5) is 0 Å². The van der Waals surface area contributed by atoms with Crippen LogP contribution in [0.1, 0.15) is 45.6 Å². The number of rotatable bonds is 5. The van der Waals surface area contributed by atoms with Crippen molar-refractivity contribution in [2.75, 3.05) is 0 Å². The van der Waals surface area contributed by atoms with E-state index < -0.39 is 0 Å². The molecule has 0 amide bonds. The minimum absolute atomic E-state index is 0.132. The van der Waals surface area contributed by atoms with Gasteiger partial charge in [-0.25, -0.2) is 0 Å². The Hall–Kier alpha value is -0.290. The molecule has 0 aromatic heterocycles. The Bertz CT molecular complexity index is 344. The van der Waals surface area contributed by atoms with Crippen molar-refractivity contribution < 1.29 is 8.17 Å². The second-order valence-electron chi connectivity index (χ2n) is 5.48.